The predicted molar refractivity (Wildman–Crippen MR) is 65.2 cm³/mol. The maximum Gasteiger partial charge on any atom is 0.0811 e. The molecule has 0 aliphatic heterocycles. The number of aliphatic imine (C=N–C) groups is 1. The third kappa shape index (κ3) is 2.92. The second-order valence-electron chi connectivity index (χ2n) is 2.89. The van der Waals surface area contributed by atoms with Crippen LogP contribution in [0.1, 0.15) is 12.0 Å². The fourth-order valence-electron chi connectivity index (χ4n) is 1.18. The molecule has 0 unspecified atom stereocenters. The Balaban J connectivity index is 2.79. The van der Waals surface area contributed by atoms with E-state index in [1.807, 2.05) is 37.4 Å². The van der Waals surface area contributed by atoms with Gasteiger partial charge in [-0.05, 0) is 5.56 Å². The highest BCUT2D eigenvalue weighted by Gasteiger charge is 2.03. The van der Waals surface area contributed by atoms with Crippen molar-refractivity contribution in [2.75, 3.05) is 14.1 Å². The Morgan fingerprint density at radius 1 is 1.36 bits per heavy atom. The molecule has 1 aromatic carbocycles. The molecule has 2 nitrogen and oxygen atoms in total. The van der Waals surface area contributed by atoms with Crippen LogP contribution in [0.5, 0.6) is 0 Å². The lowest BCUT2D eigenvalue weighted by Crippen LogP contribution is -2.19. The predicted octanol–water partition coefficient (Wildman–Crippen LogP) is 2.04. The third-order valence-corrected chi connectivity index (χ3v) is 2.33. The number of benzene rings is 1. The van der Waals surface area contributed by atoms with Crippen LogP contribution in [-0.2, 0) is 0 Å². The molecule has 1 N–H and O–H groups in total. The molecule has 0 aromatic heterocycles. The molecule has 0 bridgehead atoms. The molecule has 0 radical (unpaired) electrons. The molecule has 0 atom stereocenters. The van der Waals surface area contributed by atoms with Gasteiger partial charge in [-0.25, -0.2) is 0 Å². The van der Waals surface area contributed by atoms with Gasteiger partial charge in [0.15, 0.2) is 0 Å². The number of nitrogens with zero attached hydrogens (tertiary/aromatic N) is 1. The fraction of sp³-hybridized carbons (Fsp3) is 0.273. The Morgan fingerprint density at radius 2 is 2.00 bits per heavy atom. The Kier molecular flexibility index (Phi) is 4.26. The van der Waals surface area contributed by atoms with Crippen molar-refractivity contribution in [1.29, 1.82) is 0 Å². The lowest BCUT2D eigenvalue weighted by Gasteiger charge is -2.06. The van der Waals surface area contributed by atoms with E-state index in [0.29, 0.717) is 6.42 Å². The average Bonchev–Trinajstić information content (AvgIpc) is 2.26. The molecule has 1 aromatic rings. The van der Waals surface area contributed by atoms with Crippen LogP contribution in [0.15, 0.2) is 35.3 Å². The molecule has 74 valence electrons. The first kappa shape index (κ1) is 10.9. The Morgan fingerprint density at radius 3 is 2.50 bits per heavy atom. The second-order valence-corrected chi connectivity index (χ2v) is 3.38. The first-order chi connectivity index (χ1) is 6.77. The van der Waals surface area contributed by atoms with Crippen molar-refractivity contribution >= 4 is 22.9 Å². The summed E-state index contributed by atoms with van der Waals surface area (Å²) in [4.78, 5) is 5.05. The summed E-state index contributed by atoms with van der Waals surface area (Å²) in [5.74, 6) is 0. The average molecular weight is 206 g/mol. The smallest absolute Gasteiger partial charge is 0.0811 e. The maximum absolute atomic E-state index is 5.11. The van der Waals surface area contributed by atoms with Crippen LogP contribution in [0.3, 0.4) is 0 Å². The topological polar surface area (TPSA) is 24.4 Å². The van der Waals surface area contributed by atoms with E-state index in [1.54, 1.807) is 7.05 Å². The lowest BCUT2D eigenvalue weighted by atomic mass is 10.1. The normalized spacial score (nSPS) is 11.1. The van der Waals surface area contributed by atoms with E-state index < -0.39 is 0 Å². The highest BCUT2D eigenvalue weighted by Crippen LogP contribution is 2.04. The molecule has 0 saturated heterocycles. The molecule has 0 aliphatic rings. The number of hydrogen-bond donors (Lipinski definition) is 1. The monoisotopic (exact) mass is 206 g/mol. The van der Waals surface area contributed by atoms with E-state index in [-0.39, 0.29) is 0 Å². The highest BCUT2D eigenvalue weighted by atomic mass is 32.1. The molecule has 0 spiro atoms. The molecular formula is C11H14N2S. The van der Waals surface area contributed by atoms with Crippen molar-refractivity contribution in [3.63, 3.8) is 0 Å². The lowest BCUT2D eigenvalue weighted by molar-refractivity contribution is 1.17. The van der Waals surface area contributed by atoms with E-state index in [9.17, 15) is 0 Å². The Hall–Kier alpha value is -1.22. The summed E-state index contributed by atoms with van der Waals surface area (Å²) in [5.41, 5.74) is 2.15. The quantitative estimate of drug-likeness (QED) is 0.604. The fourth-order valence-corrected chi connectivity index (χ4v) is 1.32. The third-order valence-electron chi connectivity index (χ3n) is 1.98. The van der Waals surface area contributed by atoms with Gasteiger partial charge in [-0.1, -0.05) is 42.5 Å². The summed E-state index contributed by atoms with van der Waals surface area (Å²) in [6.07, 6.45) is 0.701. The van der Waals surface area contributed by atoms with Gasteiger partial charge in [-0.15, -0.1) is 0 Å². The van der Waals surface area contributed by atoms with Crippen LogP contribution in [-0.4, -0.2) is 24.8 Å². The van der Waals surface area contributed by atoms with Gasteiger partial charge < -0.3 is 5.32 Å². The molecule has 0 aliphatic carbocycles. The number of rotatable bonds is 3. The van der Waals surface area contributed by atoms with Crippen molar-refractivity contribution in [1.82, 2.24) is 5.32 Å². The molecule has 1 rings (SSSR count). The van der Waals surface area contributed by atoms with Crippen LogP contribution in [0, 0.1) is 0 Å². The summed E-state index contributed by atoms with van der Waals surface area (Å²) in [7, 11) is 3.63. The Labute approximate surface area is 90.1 Å². The molecule has 0 heterocycles. The van der Waals surface area contributed by atoms with Gasteiger partial charge in [0.05, 0.1) is 4.99 Å². The highest BCUT2D eigenvalue weighted by molar-refractivity contribution is 7.80. The van der Waals surface area contributed by atoms with Crippen LogP contribution in [0.25, 0.3) is 0 Å². The number of nitrogens with one attached hydrogen (secondary N) is 1. The van der Waals surface area contributed by atoms with Crippen LogP contribution in [0.4, 0.5) is 0 Å². The molecule has 0 fully saturated rings. The van der Waals surface area contributed by atoms with Gasteiger partial charge >= 0.3 is 0 Å². The zero-order chi connectivity index (χ0) is 10.4. The number of thiocarbonyl (C=S) groups is 1. The minimum absolute atomic E-state index is 0.701. The van der Waals surface area contributed by atoms with Crippen LogP contribution in [0.2, 0.25) is 0 Å². The zero-order valence-electron chi connectivity index (χ0n) is 8.45. The SMILES string of the molecule is CN=C(CC(=S)NC)c1ccccc1. The number of hydrogen-bond acceptors (Lipinski definition) is 2. The van der Waals surface area contributed by atoms with Crippen molar-refractivity contribution in [3.8, 4) is 0 Å². The summed E-state index contributed by atoms with van der Waals surface area (Å²) in [6, 6.07) is 10.1. The maximum atomic E-state index is 5.11. The van der Waals surface area contributed by atoms with Gasteiger partial charge in [-0.3, -0.25) is 4.99 Å². The summed E-state index contributed by atoms with van der Waals surface area (Å²) in [5, 5.41) is 2.95. The first-order valence-electron chi connectivity index (χ1n) is 4.49. The zero-order valence-corrected chi connectivity index (χ0v) is 9.27. The van der Waals surface area contributed by atoms with Gasteiger partial charge in [0.25, 0.3) is 0 Å². The minimum Gasteiger partial charge on any atom is -0.382 e. The second kappa shape index (κ2) is 5.50. The van der Waals surface area contributed by atoms with Crippen molar-refractivity contribution in [3.05, 3.63) is 35.9 Å². The molecular weight excluding hydrogens is 192 g/mol. The van der Waals surface area contributed by atoms with Crippen LogP contribution < -0.4 is 5.32 Å². The summed E-state index contributed by atoms with van der Waals surface area (Å²) < 4.78 is 0. The molecule has 14 heavy (non-hydrogen) atoms. The van der Waals surface area contributed by atoms with E-state index in [4.69, 9.17) is 12.2 Å². The molecule has 0 saturated carbocycles. The first-order valence-corrected chi connectivity index (χ1v) is 4.90. The largest absolute Gasteiger partial charge is 0.382 e. The van der Waals surface area contributed by atoms with E-state index in [2.05, 4.69) is 10.3 Å². The van der Waals surface area contributed by atoms with Crippen molar-refractivity contribution in [2.45, 2.75) is 6.42 Å². The van der Waals surface area contributed by atoms with E-state index >= 15 is 0 Å². The van der Waals surface area contributed by atoms with Crippen molar-refractivity contribution in [2.24, 2.45) is 4.99 Å². The minimum atomic E-state index is 0.701. The Bertz CT molecular complexity index is 330. The van der Waals surface area contributed by atoms with E-state index in [1.165, 1.54) is 0 Å². The van der Waals surface area contributed by atoms with Crippen molar-refractivity contribution < 1.29 is 0 Å². The molecule has 0 amide bonds. The van der Waals surface area contributed by atoms with Gasteiger partial charge in [0.2, 0.25) is 0 Å². The standard InChI is InChI=1S/C11H14N2S/c1-12-10(8-11(14)13-2)9-6-4-3-5-7-9/h3-7H,8H2,1-2H3,(H,13,14). The summed E-state index contributed by atoms with van der Waals surface area (Å²) >= 11 is 5.11. The molecule has 3 heteroatoms. The van der Waals surface area contributed by atoms with E-state index in [0.717, 1.165) is 16.3 Å². The van der Waals surface area contributed by atoms with Gasteiger partial charge in [-0.2, -0.15) is 0 Å². The van der Waals surface area contributed by atoms with Gasteiger partial charge in [0, 0.05) is 26.2 Å². The summed E-state index contributed by atoms with van der Waals surface area (Å²) in [6.45, 7) is 0. The van der Waals surface area contributed by atoms with Gasteiger partial charge in [0.1, 0.15) is 0 Å². The van der Waals surface area contributed by atoms with Crippen LogP contribution >= 0.6 is 12.2 Å².